The molecule has 1 aromatic heterocycles. The SMILES string of the molecule is Cc1ncc(C(=O)NNC(N)=S)s1. The number of rotatable bonds is 1. The van der Waals surface area contributed by atoms with Crippen molar-refractivity contribution >= 4 is 34.6 Å². The number of carbonyl (C=O) groups excluding carboxylic acids is 1. The third kappa shape index (κ3) is 2.96. The summed E-state index contributed by atoms with van der Waals surface area (Å²) in [5.41, 5.74) is 9.79. The van der Waals surface area contributed by atoms with Crippen molar-refractivity contribution in [3.8, 4) is 0 Å². The molecule has 5 nitrogen and oxygen atoms in total. The highest BCUT2D eigenvalue weighted by Crippen LogP contribution is 2.10. The fraction of sp³-hybridized carbons (Fsp3) is 0.167. The van der Waals surface area contributed by atoms with Crippen LogP contribution in [0.4, 0.5) is 0 Å². The van der Waals surface area contributed by atoms with Gasteiger partial charge in [0.25, 0.3) is 5.91 Å². The summed E-state index contributed by atoms with van der Waals surface area (Å²) in [4.78, 5) is 15.7. The van der Waals surface area contributed by atoms with Gasteiger partial charge in [-0.05, 0) is 19.1 Å². The Kier molecular flexibility index (Phi) is 3.15. The van der Waals surface area contributed by atoms with Gasteiger partial charge in [-0.1, -0.05) is 0 Å². The van der Waals surface area contributed by atoms with Gasteiger partial charge in [-0.2, -0.15) is 0 Å². The lowest BCUT2D eigenvalue weighted by atomic mass is 10.5. The van der Waals surface area contributed by atoms with Gasteiger partial charge in [-0.25, -0.2) is 4.98 Å². The molecule has 0 bridgehead atoms. The van der Waals surface area contributed by atoms with E-state index in [1.54, 1.807) is 0 Å². The van der Waals surface area contributed by atoms with Crippen LogP contribution in [0.2, 0.25) is 0 Å². The molecule has 0 fully saturated rings. The molecule has 1 heterocycles. The van der Waals surface area contributed by atoms with Crippen LogP contribution in [-0.4, -0.2) is 16.0 Å². The van der Waals surface area contributed by atoms with Crippen LogP contribution in [-0.2, 0) is 0 Å². The average Bonchev–Trinajstić information content (AvgIpc) is 2.47. The molecular formula is C6H8N4OS2. The Morgan fingerprint density at radius 2 is 2.38 bits per heavy atom. The summed E-state index contributed by atoms with van der Waals surface area (Å²) in [6.07, 6.45) is 1.50. The highest BCUT2D eigenvalue weighted by molar-refractivity contribution is 7.80. The number of hydrazine groups is 1. The largest absolute Gasteiger partial charge is 0.375 e. The number of thiocarbonyl (C=S) groups is 1. The molecule has 0 aliphatic rings. The molecule has 13 heavy (non-hydrogen) atoms. The van der Waals surface area contributed by atoms with Gasteiger partial charge >= 0.3 is 0 Å². The van der Waals surface area contributed by atoms with Crippen LogP contribution in [0.1, 0.15) is 14.7 Å². The van der Waals surface area contributed by atoms with Crippen LogP contribution in [0.3, 0.4) is 0 Å². The number of thiazole rings is 1. The minimum absolute atomic E-state index is 0.0228. The van der Waals surface area contributed by atoms with Gasteiger partial charge in [0.05, 0.1) is 11.2 Å². The molecule has 1 rings (SSSR count). The number of nitrogens with one attached hydrogen (secondary N) is 2. The first-order valence-corrected chi connectivity index (χ1v) is 4.60. The van der Waals surface area contributed by atoms with Crippen molar-refractivity contribution in [3.63, 3.8) is 0 Å². The Labute approximate surface area is 84.3 Å². The average molecular weight is 216 g/mol. The second-order valence-electron chi connectivity index (χ2n) is 2.19. The Morgan fingerprint density at radius 1 is 1.69 bits per heavy atom. The Hall–Kier alpha value is -1.21. The molecule has 0 atom stereocenters. The molecular weight excluding hydrogens is 208 g/mol. The fourth-order valence-corrected chi connectivity index (χ4v) is 1.37. The number of hydrogen-bond acceptors (Lipinski definition) is 4. The van der Waals surface area contributed by atoms with E-state index in [0.29, 0.717) is 4.88 Å². The lowest BCUT2D eigenvalue weighted by Crippen LogP contribution is -2.44. The van der Waals surface area contributed by atoms with Gasteiger partial charge in [0.1, 0.15) is 4.88 Å². The molecule has 0 unspecified atom stereocenters. The smallest absolute Gasteiger partial charge is 0.281 e. The van der Waals surface area contributed by atoms with E-state index < -0.39 is 0 Å². The third-order valence-electron chi connectivity index (χ3n) is 1.14. The zero-order valence-electron chi connectivity index (χ0n) is 6.83. The molecule has 4 N–H and O–H groups in total. The summed E-state index contributed by atoms with van der Waals surface area (Å²) in [7, 11) is 0. The van der Waals surface area contributed by atoms with Crippen molar-refractivity contribution in [1.29, 1.82) is 0 Å². The van der Waals surface area contributed by atoms with Crippen LogP contribution in [0.5, 0.6) is 0 Å². The number of nitrogens with zero attached hydrogens (tertiary/aromatic N) is 1. The zero-order chi connectivity index (χ0) is 9.84. The van der Waals surface area contributed by atoms with Crippen molar-refractivity contribution in [2.24, 2.45) is 5.73 Å². The second-order valence-corrected chi connectivity index (χ2v) is 3.86. The highest BCUT2D eigenvalue weighted by Gasteiger charge is 2.07. The van der Waals surface area contributed by atoms with Crippen LogP contribution < -0.4 is 16.6 Å². The molecule has 7 heteroatoms. The quantitative estimate of drug-likeness (QED) is 0.452. The van der Waals surface area contributed by atoms with Crippen LogP contribution >= 0.6 is 23.6 Å². The van der Waals surface area contributed by atoms with E-state index in [0.717, 1.165) is 5.01 Å². The summed E-state index contributed by atoms with van der Waals surface area (Å²) < 4.78 is 0. The van der Waals surface area contributed by atoms with E-state index in [-0.39, 0.29) is 11.0 Å². The first-order chi connectivity index (χ1) is 6.09. The molecule has 0 aromatic carbocycles. The van der Waals surface area contributed by atoms with Gasteiger partial charge in [0, 0.05) is 0 Å². The maximum absolute atomic E-state index is 11.2. The monoisotopic (exact) mass is 216 g/mol. The molecule has 0 saturated carbocycles. The van der Waals surface area contributed by atoms with Crippen molar-refractivity contribution < 1.29 is 4.79 Å². The van der Waals surface area contributed by atoms with Crippen LogP contribution in [0.25, 0.3) is 0 Å². The predicted molar refractivity (Wildman–Crippen MR) is 54.2 cm³/mol. The molecule has 0 aliphatic carbocycles. The van der Waals surface area contributed by atoms with E-state index in [1.807, 2.05) is 6.92 Å². The fourth-order valence-electron chi connectivity index (χ4n) is 0.646. The minimum Gasteiger partial charge on any atom is -0.375 e. The van der Waals surface area contributed by atoms with E-state index >= 15 is 0 Å². The Balaban J connectivity index is 2.54. The minimum atomic E-state index is -0.293. The van der Waals surface area contributed by atoms with Gasteiger partial charge in [0.15, 0.2) is 5.11 Å². The Morgan fingerprint density at radius 3 is 2.85 bits per heavy atom. The highest BCUT2D eigenvalue weighted by atomic mass is 32.1. The lowest BCUT2D eigenvalue weighted by molar-refractivity contribution is 0.0948. The molecule has 0 spiro atoms. The molecule has 70 valence electrons. The van der Waals surface area contributed by atoms with Crippen LogP contribution in [0, 0.1) is 6.92 Å². The first-order valence-electron chi connectivity index (χ1n) is 3.38. The van der Waals surface area contributed by atoms with Gasteiger partial charge in [0.2, 0.25) is 0 Å². The molecule has 1 amide bonds. The molecule has 0 radical (unpaired) electrons. The Bertz CT molecular complexity index is 335. The number of hydrogen-bond donors (Lipinski definition) is 3. The predicted octanol–water partition coefficient (Wildman–Crippen LogP) is -0.0705. The van der Waals surface area contributed by atoms with Gasteiger partial charge in [-0.3, -0.25) is 15.6 Å². The standard InChI is InChI=1S/C6H8N4OS2/c1-3-8-2-4(13-3)5(11)9-10-6(7)12/h2H,1H3,(H,9,11)(H3,7,10,12). The van der Waals surface area contributed by atoms with E-state index in [4.69, 9.17) is 5.73 Å². The molecule has 0 aliphatic heterocycles. The van der Waals surface area contributed by atoms with Crippen molar-refractivity contribution in [3.05, 3.63) is 16.1 Å². The normalized spacial score (nSPS) is 9.31. The second kappa shape index (κ2) is 4.15. The van der Waals surface area contributed by atoms with Gasteiger partial charge < -0.3 is 5.73 Å². The van der Waals surface area contributed by atoms with E-state index in [9.17, 15) is 4.79 Å². The first kappa shape index (κ1) is 9.87. The summed E-state index contributed by atoms with van der Waals surface area (Å²) in [5.74, 6) is -0.293. The van der Waals surface area contributed by atoms with E-state index in [2.05, 4.69) is 28.1 Å². The third-order valence-corrected chi connectivity index (χ3v) is 2.16. The van der Waals surface area contributed by atoms with E-state index in [1.165, 1.54) is 17.5 Å². The number of amides is 1. The van der Waals surface area contributed by atoms with Crippen molar-refractivity contribution in [2.45, 2.75) is 6.92 Å². The summed E-state index contributed by atoms with van der Waals surface area (Å²) in [6.45, 7) is 1.82. The van der Waals surface area contributed by atoms with Gasteiger partial charge in [-0.15, -0.1) is 11.3 Å². The maximum Gasteiger partial charge on any atom is 0.281 e. The summed E-state index contributed by atoms with van der Waals surface area (Å²) >= 11 is 5.81. The number of carbonyl (C=O) groups is 1. The van der Waals surface area contributed by atoms with Crippen LogP contribution in [0.15, 0.2) is 6.20 Å². The van der Waals surface area contributed by atoms with Crippen molar-refractivity contribution in [2.75, 3.05) is 0 Å². The lowest BCUT2D eigenvalue weighted by Gasteiger charge is -2.03. The van der Waals surface area contributed by atoms with Crippen molar-refractivity contribution in [1.82, 2.24) is 15.8 Å². The maximum atomic E-state index is 11.2. The number of nitrogens with two attached hydrogens (primary N) is 1. The summed E-state index contributed by atoms with van der Waals surface area (Å²) in [5, 5.41) is 0.857. The molecule has 0 saturated heterocycles. The number of aryl methyl sites for hydroxylation is 1. The zero-order valence-corrected chi connectivity index (χ0v) is 8.46. The summed E-state index contributed by atoms with van der Waals surface area (Å²) in [6, 6.07) is 0. The topological polar surface area (TPSA) is 80.0 Å². The number of aromatic nitrogens is 1. The molecule has 1 aromatic rings.